The van der Waals surface area contributed by atoms with Crippen molar-refractivity contribution in [2.45, 2.75) is 54.0 Å². The number of cyclic esters (lactones) is 1. The second kappa shape index (κ2) is 5.40. The van der Waals surface area contributed by atoms with Crippen molar-refractivity contribution in [3.63, 3.8) is 0 Å². The van der Waals surface area contributed by atoms with Gasteiger partial charge in [-0.05, 0) is 57.7 Å². The molecule has 1 fully saturated rings. The second-order valence-corrected chi connectivity index (χ2v) is 7.56. The summed E-state index contributed by atoms with van der Waals surface area (Å²) < 4.78 is 5.76. The Kier molecular flexibility index (Phi) is 3.74. The number of ether oxygens (including phenoxy) is 1. The maximum absolute atomic E-state index is 12.7. The van der Waals surface area contributed by atoms with Gasteiger partial charge in [-0.15, -0.1) is 0 Å². The molecule has 24 heavy (non-hydrogen) atoms. The molecular weight excluding hydrogens is 300 g/mol. The molecule has 2 heterocycles. The first-order valence-corrected chi connectivity index (χ1v) is 8.48. The number of carbonyl (C=O) groups is 1. The molecule has 128 valence electrons. The molecule has 0 aliphatic carbocycles. The van der Waals surface area contributed by atoms with Gasteiger partial charge in [-0.3, -0.25) is 5.01 Å². The van der Waals surface area contributed by atoms with Crippen LogP contribution in [0.4, 0.5) is 5.69 Å². The predicted molar refractivity (Wildman–Crippen MR) is 96.7 cm³/mol. The van der Waals surface area contributed by atoms with E-state index in [-0.39, 0.29) is 11.9 Å². The summed E-state index contributed by atoms with van der Waals surface area (Å²) in [6.45, 7) is 14.3. The minimum atomic E-state index is -0.770. The monoisotopic (exact) mass is 326 g/mol. The lowest BCUT2D eigenvalue weighted by molar-refractivity contribution is -0.158. The van der Waals surface area contributed by atoms with Crippen molar-refractivity contribution in [2.75, 3.05) is 5.01 Å². The van der Waals surface area contributed by atoms with Gasteiger partial charge in [0.15, 0.2) is 5.54 Å². The zero-order valence-electron chi connectivity index (χ0n) is 15.6. The SMILES string of the molecule is CC(C)=C1OC(=O)C(C)(C)N2C(C(C)C)=C(C)c3ccccc3N12. The first-order chi connectivity index (χ1) is 11.2. The Morgan fingerprint density at radius 2 is 1.79 bits per heavy atom. The molecule has 0 atom stereocenters. The van der Waals surface area contributed by atoms with Gasteiger partial charge in [0.05, 0.1) is 5.69 Å². The van der Waals surface area contributed by atoms with Gasteiger partial charge in [0.25, 0.3) is 0 Å². The molecule has 1 aromatic carbocycles. The van der Waals surface area contributed by atoms with Crippen LogP contribution in [0.15, 0.2) is 41.4 Å². The van der Waals surface area contributed by atoms with Gasteiger partial charge in [-0.25, -0.2) is 9.80 Å². The van der Waals surface area contributed by atoms with Gasteiger partial charge in [0, 0.05) is 11.3 Å². The van der Waals surface area contributed by atoms with Crippen LogP contribution in [0.25, 0.3) is 5.57 Å². The maximum atomic E-state index is 12.7. The van der Waals surface area contributed by atoms with E-state index in [1.165, 1.54) is 11.1 Å². The summed E-state index contributed by atoms with van der Waals surface area (Å²) in [6, 6.07) is 8.30. The van der Waals surface area contributed by atoms with Crippen molar-refractivity contribution in [1.29, 1.82) is 0 Å². The molecule has 0 aromatic heterocycles. The van der Waals surface area contributed by atoms with Gasteiger partial charge in [0.2, 0.25) is 5.88 Å². The number of fused-ring (bicyclic) bond motifs is 3. The number of esters is 1. The third kappa shape index (κ3) is 2.16. The third-order valence-corrected chi connectivity index (χ3v) is 4.73. The highest BCUT2D eigenvalue weighted by atomic mass is 16.6. The number of benzene rings is 1. The highest BCUT2D eigenvalue weighted by Gasteiger charge is 2.50. The topological polar surface area (TPSA) is 32.8 Å². The van der Waals surface area contributed by atoms with E-state index in [1.54, 1.807) is 0 Å². The van der Waals surface area contributed by atoms with Crippen LogP contribution in [0.3, 0.4) is 0 Å². The van der Waals surface area contributed by atoms with Crippen molar-refractivity contribution in [1.82, 2.24) is 5.01 Å². The van der Waals surface area contributed by atoms with E-state index in [4.69, 9.17) is 4.74 Å². The van der Waals surface area contributed by atoms with E-state index in [0.29, 0.717) is 5.88 Å². The zero-order valence-corrected chi connectivity index (χ0v) is 15.6. The molecule has 0 spiro atoms. The Hall–Kier alpha value is -2.23. The largest absolute Gasteiger partial charge is 0.406 e. The summed E-state index contributed by atoms with van der Waals surface area (Å²) in [6.07, 6.45) is 0. The molecule has 0 amide bonds. The fourth-order valence-corrected chi connectivity index (χ4v) is 3.57. The Labute approximate surface area is 144 Å². The lowest BCUT2D eigenvalue weighted by Gasteiger charge is -2.54. The molecule has 3 rings (SSSR count). The highest BCUT2D eigenvalue weighted by molar-refractivity contribution is 5.89. The van der Waals surface area contributed by atoms with E-state index < -0.39 is 5.54 Å². The molecule has 0 N–H and O–H groups in total. The summed E-state index contributed by atoms with van der Waals surface area (Å²) in [7, 11) is 0. The number of allylic oxidation sites excluding steroid dienone is 3. The first kappa shape index (κ1) is 16.6. The van der Waals surface area contributed by atoms with Gasteiger partial charge in [-0.1, -0.05) is 32.0 Å². The number of hydrogen-bond donors (Lipinski definition) is 0. The first-order valence-electron chi connectivity index (χ1n) is 8.48. The number of carbonyl (C=O) groups excluding carboxylic acids is 1. The van der Waals surface area contributed by atoms with Crippen LogP contribution in [0.1, 0.15) is 54.0 Å². The number of anilines is 1. The van der Waals surface area contributed by atoms with Gasteiger partial charge in [-0.2, -0.15) is 0 Å². The molecular formula is C20H26N2O2. The maximum Gasteiger partial charge on any atom is 0.340 e. The molecule has 4 heteroatoms. The van der Waals surface area contributed by atoms with E-state index in [9.17, 15) is 4.79 Å². The quantitative estimate of drug-likeness (QED) is 0.701. The van der Waals surface area contributed by atoms with E-state index in [0.717, 1.165) is 17.0 Å². The van der Waals surface area contributed by atoms with Crippen LogP contribution in [-0.2, 0) is 9.53 Å². The molecule has 4 nitrogen and oxygen atoms in total. The van der Waals surface area contributed by atoms with Gasteiger partial charge in [0.1, 0.15) is 0 Å². The molecule has 0 unspecified atom stereocenters. The van der Waals surface area contributed by atoms with Crippen molar-refractivity contribution < 1.29 is 9.53 Å². The van der Waals surface area contributed by atoms with Crippen molar-refractivity contribution in [2.24, 2.45) is 5.92 Å². The summed E-state index contributed by atoms with van der Waals surface area (Å²) in [5.74, 6) is 0.669. The minimum absolute atomic E-state index is 0.222. The normalized spacial score (nSPS) is 19.3. The minimum Gasteiger partial charge on any atom is -0.406 e. The number of hydrazine groups is 1. The molecule has 1 saturated heterocycles. The fraction of sp³-hybridized carbons (Fsp3) is 0.450. The summed E-state index contributed by atoms with van der Waals surface area (Å²) >= 11 is 0. The van der Waals surface area contributed by atoms with E-state index >= 15 is 0 Å². The van der Waals surface area contributed by atoms with Crippen molar-refractivity contribution >= 4 is 17.2 Å². The Morgan fingerprint density at radius 3 is 2.38 bits per heavy atom. The summed E-state index contributed by atoms with van der Waals surface area (Å²) in [5, 5.41) is 4.21. The third-order valence-electron chi connectivity index (χ3n) is 4.73. The van der Waals surface area contributed by atoms with Crippen LogP contribution in [0.5, 0.6) is 0 Å². The average Bonchev–Trinajstić information content (AvgIpc) is 2.51. The van der Waals surface area contributed by atoms with E-state index in [2.05, 4.69) is 49.0 Å². The summed E-state index contributed by atoms with van der Waals surface area (Å²) in [5.41, 5.74) is 4.82. The highest BCUT2D eigenvalue weighted by Crippen LogP contribution is 2.47. The fourth-order valence-electron chi connectivity index (χ4n) is 3.57. The van der Waals surface area contributed by atoms with Crippen LogP contribution < -0.4 is 5.01 Å². The Balaban J connectivity index is 2.38. The molecule has 2 aliphatic heterocycles. The Morgan fingerprint density at radius 1 is 1.17 bits per heavy atom. The smallest absolute Gasteiger partial charge is 0.340 e. The number of hydrogen-bond acceptors (Lipinski definition) is 4. The number of para-hydroxylation sites is 1. The van der Waals surface area contributed by atoms with E-state index in [1.807, 2.05) is 33.8 Å². The number of nitrogens with zero attached hydrogens (tertiary/aromatic N) is 2. The lowest BCUT2D eigenvalue weighted by atomic mass is 9.90. The summed E-state index contributed by atoms with van der Waals surface area (Å²) in [4.78, 5) is 12.7. The second-order valence-electron chi connectivity index (χ2n) is 7.56. The molecule has 0 saturated carbocycles. The zero-order chi connectivity index (χ0) is 17.8. The van der Waals surface area contributed by atoms with Crippen LogP contribution in [0.2, 0.25) is 0 Å². The average molecular weight is 326 g/mol. The van der Waals surface area contributed by atoms with Gasteiger partial charge >= 0.3 is 5.97 Å². The molecule has 0 radical (unpaired) electrons. The van der Waals surface area contributed by atoms with Crippen molar-refractivity contribution in [3.05, 3.63) is 47.0 Å². The van der Waals surface area contributed by atoms with Crippen LogP contribution >= 0.6 is 0 Å². The van der Waals surface area contributed by atoms with Crippen molar-refractivity contribution in [3.8, 4) is 0 Å². The molecule has 2 aliphatic rings. The predicted octanol–water partition coefficient (Wildman–Crippen LogP) is 4.70. The number of rotatable bonds is 1. The van der Waals surface area contributed by atoms with Crippen LogP contribution in [-0.4, -0.2) is 16.5 Å². The standard InChI is InChI=1S/C20H26N2O2/c1-12(2)17-14(5)15-10-8-9-11-16(15)21-18(13(3)4)24-19(23)20(6,7)22(17)21/h8-12H,1-7H3. The Bertz CT molecular complexity index is 768. The molecule has 1 aromatic rings. The van der Waals surface area contributed by atoms with Crippen LogP contribution in [0, 0.1) is 5.92 Å². The molecule has 0 bridgehead atoms. The van der Waals surface area contributed by atoms with Gasteiger partial charge < -0.3 is 4.74 Å². The lowest BCUT2D eigenvalue weighted by Crippen LogP contribution is -2.64.